The minimum atomic E-state index is -0.793. The molecule has 0 saturated heterocycles. The molecule has 4 nitrogen and oxygen atoms in total. The van der Waals surface area contributed by atoms with E-state index < -0.39 is 17.6 Å². The highest BCUT2D eigenvalue weighted by Gasteiger charge is 2.40. The normalized spacial score (nSPS) is 14.8. The van der Waals surface area contributed by atoms with Gasteiger partial charge in [0.25, 0.3) is 5.91 Å². The van der Waals surface area contributed by atoms with Crippen molar-refractivity contribution < 1.29 is 14.7 Å². The first-order valence-electron chi connectivity index (χ1n) is 6.43. The summed E-state index contributed by atoms with van der Waals surface area (Å²) in [6, 6.07) is 11.0. The zero-order valence-electron chi connectivity index (χ0n) is 11.4. The standard InChI is InChI=1S/C16H8BrCl2NO3/c17-8-1-4-10(5-2-8)20-15(22)13(14(21)16(20)23)11-6-3-9(18)7-12(11)19/h1-7,21H. The van der Waals surface area contributed by atoms with Crippen LogP contribution < -0.4 is 4.90 Å². The third-order valence-corrected chi connectivity index (χ3v) is 4.42. The predicted octanol–water partition coefficient (Wildman–Crippen LogP) is 4.60. The number of anilines is 1. The quantitative estimate of drug-likeness (QED) is 0.733. The number of aliphatic hydroxyl groups is 1. The van der Waals surface area contributed by atoms with E-state index in [-0.39, 0.29) is 16.2 Å². The van der Waals surface area contributed by atoms with Gasteiger partial charge in [-0.2, -0.15) is 0 Å². The van der Waals surface area contributed by atoms with E-state index in [1.165, 1.54) is 18.2 Å². The van der Waals surface area contributed by atoms with E-state index in [1.54, 1.807) is 24.3 Å². The lowest BCUT2D eigenvalue weighted by Crippen LogP contribution is -2.31. The van der Waals surface area contributed by atoms with Crippen LogP contribution >= 0.6 is 39.1 Å². The molecule has 1 aliphatic rings. The largest absolute Gasteiger partial charge is 0.502 e. The Balaban J connectivity index is 2.08. The molecule has 1 heterocycles. The van der Waals surface area contributed by atoms with E-state index in [1.807, 2.05) is 0 Å². The Kier molecular flexibility index (Phi) is 4.19. The van der Waals surface area contributed by atoms with Gasteiger partial charge in [-0.15, -0.1) is 0 Å². The van der Waals surface area contributed by atoms with Crippen LogP contribution in [0.1, 0.15) is 5.56 Å². The van der Waals surface area contributed by atoms with Gasteiger partial charge in [-0.05, 0) is 36.4 Å². The SMILES string of the molecule is O=C1C(O)=C(c2ccc(Cl)cc2Cl)C(=O)N1c1ccc(Br)cc1. The van der Waals surface area contributed by atoms with Crippen LogP contribution in [0, 0.1) is 0 Å². The molecule has 7 heteroatoms. The molecule has 2 aromatic rings. The van der Waals surface area contributed by atoms with Gasteiger partial charge < -0.3 is 5.11 Å². The lowest BCUT2D eigenvalue weighted by molar-refractivity contribution is -0.121. The van der Waals surface area contributed by atoms with Gasteiger partial charge in [0.15, 0.2) is 5.76 Å². The zero-order valence-corrected chi connectivity index (χ0v) is 14.5. The molecule has 116 valence electrons. The van der Waals surface area contributed by atoms with Gasteiger partial charge in [0.1, 0.15) is 0 Å². The number of halogens is 3. The van der Waals surface area contributed by atoms with Crippen LogP contribution in [0.2, 0.25) is 10.0 Å². The summed E-state index contributed by atoms with van der Waals surface area (Å²) in [6.07, 6.45) is 0. The average molecular weight is 413 g/mol. The van der Waals surface area contributed by atoms with Crippen molar-refractivity contribution in [1.82, 2.24) is 0 Å². The van der Waals surface area contributed by atoms with Gasteiger partial charge >= 0.3 is 5.91 Å². The van der Waals surface area contributed by atoms with Gasteiger partial charge in [0.2, 0.25) is 0 Å². The first-order valence-corrected chi connectivity index (χ1v) is 7.98. The Hall–Kier alpha value is -1.82. The van der Waals surface area contributed by atoms with Crippen molar-refractivity contribution in [2.45, 2.75) is 0 Å². The second-order valence-electron chi connectivity index (χ2n) is 4.77. The lowest BCUT2D eigenvalue weighted by Gasteiger charge is -2.14. The zero-order chi connectivity index (χ0) is 16.7. The number of hydrogen-bond acceptors (Lipinski definition) is 3. The fourth-order valence-corrected chi connectivity index (χ4v) is 3.05. The maximum Gasteiger partial charge on any atom is 0.301 e. The van der Waals surface area contributed by atoms with Crippen molar-refractivity contribution in [2.75, 3.05) is 4.90 Å². The van der Waals surface area contributed by atoms with Crippen LogP contribution in [0.25, 0.3) is 5.57 Å². The van der Waals surface area contributed by atoms with Gasteiger partial charge in [0, 0.05) is 15.1 Å². The highest BCUT2D eigenvalue weighted by Crippen LogP contribution is 2.36. The molecule has 0 aliphatic carbocycles. The van der Waals surface area contributed by atoms with Crippen LogP contribution in [0.15, 0.2) is 52.7 Å². The Labute approximate surface area is 150 Å². The highest BCUT2D eigenvalue weighted by molar-refractivity contribution is 9.10. The third kappa shape index (κ3) is 2.76. The Morgan fingerprint density at radius 2 is 1.61 bits per heavy atom. The van der Waals surface area contributed by atoms with E-state index in [4.69, 9.17) is 23.2 Å². The molecule has 0 spiro atoms. The summed E-state index contributed by atoms with van der Waals surface area (Å²) < 4.78 is 0.804. The molecule has 0 saturated carbocycles. The number of carbonyl (C=O) groups excluding carboxylic acids is 2. The molecule has 2 amide bonds. The van der Waals surface area contributed by atoms with E-state index >= 15 is 0 Å². The Morgan fingerprint density at radius 1 is 0.957 bits per heavy atom. The fourth-order valence-electron chi connectivity index (χ4n) is 2.28. The summed E-state index contributed by atoms with van der Waals surface area (Å²) in [6.45, 7) is 0. The third-order valence-electron chi connectivity index (χ3n) is 3.34. The van der Waals surface area contributed by atoms with E-state index in [2.05, 4.69) is 15.9 Å². The molecule has 23 heavy (non-hydrogen) atoms. The van der Waals surface area contributed by atoms with Crippen LogP contribution in [-0.4, -0.2) is 16.9 Å². The highest BCUT2D eigenvalue weighted by atomic mass is 79.9. The van der Waals surface area contributed by atoms with Crippen molar-refractivity contribution in [3.05, 3.63) is 68.3 Å². The predicted molar refractivity (Wildman–Crippen MR) is 92.6 cm³/mol. The van der Waals surface area contributed by atoms with Crippen LogP contribution in [0.5, 0.6) is 0 Å². The van der Waals surface area contributed by atoms with Crippen molar-refractivity contribution in [1.29, 1.82) is 0 Å². The van der Waals surface area contributed by atoms with E-state index in [0.717, 1.165) is 9.37 Å². The van der Waals surface area contributed by atoms with Crippen LogP contribution in [0.3, 0.4) is 0 Å². The molecular weight excluding hydrogens is 405 g/mol. The molecule has 0 fully saturated rings. The molecule has 2 aromatic carbocycles. The number of rotatable bonds is 2. The van der Waals surface area contributed by atoms with Crippen molar-refractivity contribution in [3.8, 4) is 0 Å². The molecule has 1 aliphatic heterocycles. The Morgan fingerprint density at radius 3 is 2.22 bits per heavy atom. The maximum atomic E-state index is 12.6. The van der Waals surface area contributed by atoms with Crippen molar-refractivity contribution in [3.63, 3.8) is 0 Å². The minimum absolute atomic E-state index is 0.139. The summed E-state index contributed by atoms with van der Waals surface area (Å²) in [5, 5.41) is 10.7. The number of benzene rings is 2. The fraction of sp³-hybridized carbons (Fsp3) is 0. The van der Waals surface area contributed by atoms with Crippen molar-refractivity contribution >= 4 is 62.2 Å². The number of hydrogen-bond donors (Lipinski definition) is 1. The van der Waals surface area contributed by atoms with Crippen LogP contribution in [0.4, 0.5) is 5.69 Å². The van der Waals surface area contributed by atoms with Crippen molar-refractivity contribution in [2.24, 2.45) is 0 Å². The Bertz CT molecular complexity index is 862. The van der Waals surface area contributed by atoms with Crippen LogP contribution in [-0.2, 0) is 9.59 Å². The smallest absolute Gasteiger partial charge is 0.301 e. The molecule has 0 bridgehead atoms. The molecule has 0 aromatic heterocycles. The number of nitrogens with zero attached hydrogens (tertiary/aromatic N) is 1. The topological polar surface area (TPSA) is 57.6 Å². The van der Waals surface area contributed by atoms with Gasteiger partial charge in [-0.25, -0.2) is 4.90 Å². The first-order chi connectivity index (χ1) is 10.9. The van der Waals surface area contributed by atoms with E-state index in [0.29, 0.717) is 10.7 Å². The monoisotopic (exact) mass is 411 g/mol. The molecule has 3 rings (SSSR count). The number of aliphatic hydroxyl groups excluding tert-OH is 1. The summed E-state index contributed by atoms with van der Waals surface area (Å²) in [5.41, 5.74) is 0.473. The average Bonchev–Trinajstić information content (AvgIpc) is 2.72. The molecule has 1 N–H and O–H groups in total. The van der Waals surface area contributed by atoms with E-state index in [9.17, 15) is 14.7 Å². The number of imide groups is 1. The molecule has 0 radical (unpaired) electrons. The van der Waals surface area contributed by atoms with Gasteiger partial charge in [-0.3, -0.25) is 9.59 Å². The molecular formula is C16H8BrCl2NO3. The van der Waals surface area contributed by atoms with Gasteiger partial charge in [0.05, 0.1) is 16.3 Å². The second kappa shape index (κ2) is 6.00. The summed E-state index contributed by atoms with van der Waals surface area (Å²) in [4.78, 5) is 25.8. The molecule has 0 atom stereocenters. The summed E-state index contributed by atoms with van der Waals surface area (Å²) >= 11 is 15.2. The minimum Gasteiger partial charge on any atom is -0.502 e. The number of amides is 2. The maximum absolute atomic E-state index is 12.6. The lowest BCUT2D eigenvalue weighted by atomic mass is 10.1. The molecule has 0 unspecified atom stereocenters. The summed E-state index contributed by atoms with van der Waals surface area (Å²) in [7, 11) is 0. The number of carbonyl (C=O) groups is 2. The first kappa shape index (κ1) is 16.1. The second-order valence-corrected chi connectivity index (χ2v) is 6.53. The van der Waals surface area contributed by atoms with Gasteiger partial charge in [-0.1, -0.05) is 45.2 Å². The summed E-state index contributed by atoms with van der Waals surface area (Å²) in [5.74, 6) is -2.07.